The summed E-state index contributed by atoms with van der Waals surface area (Å²) < 4.78 is 72.3. The zero-order valence-corrected chi connectivity index (χ0v) is 24.9. The van der Waals surface area contributed by atoms with Crippen molar-refractivity contribution in [3.05, 3.63) is 41.7 Å². The number of ether oxygens (including phenoxy) is 2. The molecule has 2 aliphatic rings. The average molecular weight is 612 g/mol. The summed E-state index contributed by atoms with van der Waals surface area (Å²) in [6, 6.07) is 2.13. The number of aromatic nitrogens is 3. The van der Waals surface area contributed by atoms with Crippen LogP contribution >= 0.6 is 0 Å². The molecule has 0 bridgehead atoms. The Morgan fingerprint density at radius 3 is 2.38 bits per heavy atom. The number of hydrogen-bond acceptors (Lipinski definition) is 10. The van der Waals surface area contributed by atoms with E-state index in [4.69, 9.17) is 9.47 Å². The lowest BCUT2D eigenvalue weighted by molar-refractivity contribution is -0.00694. The Bertz CT molecular complexity index is 1570. The van der Waals surface area contributed by atoms with E-state index in [0.717, 1.165) is 18.3 Å². The number of aliphatic imine (C=N–C) groups is 1. The zero-order valence-electron chi connectivity index (χ0n) is 24.1. The SMILES string of the molecule is COc1cnc(C(=O)Nc2ccc(F)c([C@@]3(C)N=C(NC(=O)OC(C)(C)C)C(C)(C)S4(=O)=NCC(F)(F)C[C@H]34)n2)cn1. The molecule has 2 aromatic rings. The smallest absolute Gasteiger partial charge is 0.413 e. The highest BCUT2D eigenvalue weighted by Gasteiger charge is 2.61. The molecule has 42 heavy (non-hydrogen) atoms. The number of alkyl carbamates (subject to hydrolysis) is 1. The van der Waals surface area contributed by atoms with Crippen LogP contribution in [0, 0.1) is 5.82 Å². The first-order valence-corrected chi connectivity index (χ1v) is 14.4. The summed E-state index contributed by atoms with van der Waals surface area (Å²) in [5.74, 6) is -5.25. The second-order valence-electron chi connectivity index (χ2n) is 11.6. The lowest BCUT2D eigenvalue weighted by Gasteiger charge is -2.49. The van der Waals surface area contributed by atoms with Crippen LogP contribution in [0.2, 0.25) is 0 Å². The minimum absolute atomic E-state index is 0.107. The van der Waals surface area contributed by atoms with Gasteiger partial charge in [0.1, 0.15) is 51.3 Å². The number of nitrogens with one attached hydrogen (secondary N) is 2. The van der Waals surface area contributed by atoms with E-state index in [-0.39, 0.29) is 23.2 Å². The zero-order chi connectivity index (χ0) is 31.3. The van der Waals surface area contributed by atoms with Crippen LogP contribution in [-0.2, 0) is 20.0 Å². The van der Waals surface area contributed by atoms with Crippen LogP contribution in [0.15, 0.2) is 33.9 Å². The Kier molecular flexibility index (Phi) is 7.76. The number of carbonyl (C=O) groups excluding carboxylic acids is 2. The summed E-state index contributed by atoms with van der Waals surface area (Å²) in [4.78, 5) is 42.1. The third-order valence-electron chi connectivity index (χ3n) is 6.89. The second-order valence-corrected chi connectivity index (χ2v) is 14.6. The first kappa shape index (κ1) is 31.1. The molecule has 2 N–H and O–H groups in total. The number of carbonyl (C=O) groups is 2. The van der Waals surface area contributed by atoms with Gasteiger partial charge in [-0.25, -0.2) is 41.5 Å². The van der Waals surface area contributed by atoms with Gasteiger partial charge in [-0.2, -0.15) is 0 Å². The molecule has 1 unspecified atom stereocenters. The van der Waals surface area contributed by atoms with Gasteiger partial charge in [0.15, 0.2) is 0 Å². The van der Waals surface area contributed by atoms with Crippen molar-refractivity contribution in [2.24, 2.45) is 9.36 Å². The summed E-state index contributed by atoms with van der Waals surface area (Å²) in [6.45, 7) is 8.10. The molecule has 0 fully saturated rings. The molecule has 2 aromatic heterocycles. The largest absolute Gasteiger partial charge is 0.480 e. The molecule has 2 aliphatic heterocycles. The second kappa shape index (κ2) is 10.5. The molecule has 4 heterocycles. The van der Waals surface area contributed by atoms with Crippen molar-refractivity contribution in [2.45, 2.75) is 75.0 Å². The molecule has 16 heteroatoms. The van der Waals surface area contributed by atoms with Gasteiger partial charge in [-0.3, -0.25) is 15.1 Å². The highest BCUT2D eigenvalue weighted by molar-refractivity contribution is 7.96. The molecular formula is C26H32F3N7O5S. The summed E-state index contributed by atoms with van der Waals surface area (Å²) >= 11 is 0. The Morgan fingerprint density at radius 1 is 1.10 bits per heavy atom. The number of amidine groups is 1. The number of alkyl halides is 2. The highest BCUT2D eigenvalue weighted by Crippen LogP contribution is 2.50. The van der Waals surface area contributed by atoms with Crippen LogP contribution in [0.5, 0.6) is 5.88 Å². The maximum atomic E-state index is 15.5. The quantitative estimate of drug-likeness (QED) is 0.524. The Morgan fingerprint density at radius 2 is 1.79 bits per heavy atom. The summed E-state index contributed by atoms with van der Waals surface area (Å²) in [6.07, 6.45) is 0.510. The molecule has 0 saturated heterocycles. The van der Waals surface area contributed by atoms with Crippen molar-refractivity contribution >= 4 is 33.4 Å². The fourth-order valence-electron chi connectivity index (χ4n) is 4.70. The van der Waals surface area contributed by atoms with Crippen LogP contribution in [0.25, 0.3) is 0 Å². The third-order valence-corrected chi connectivity index (χ3v) is 10.5. The van der Waals surface area contributed by atoms with Gasteiger partial charge in [-0.15, -0.1) is 0 Å². The summed E-state index contributed by atoms with van der Waals surface area (Å²) in [5.41, 5.74) is -3.51. The molecule has 0 radical (unpaired) electrons. The molecule has 3 atom stereocenters. The van der Waals surface area contributed by atoms with Crippen molar-refractivity contribution in [1.29, 1.82) is 0 Å². The van der Waals surface area contributed by atoms with E-state index in [9.17, 15) is 22.6 Å². The van der Waals surface area contributed by atoms with E-state index in [0.29, 0.717) is 0 Å². The van der Waals surface area contributed by atoms with Crippen molar-refractivity contribution in [3.8, 4) is 5.88 Å². The summed E-state index contributed by atoms with van der Waals surface area (Å²) in [5, 5.41) is 3.43. The Balaban J connectivity index is 1.83. The van der Waals surface area contributed by atoms with E-state index < -0.39 is 73.3 Å². The van der Waals surface area contributed by atoms with Gasteiger partial charge in [-0.1, -0.05) is 0 Å². The van der Waals surface area contributed by atoms with Crippen molar-refractivity contribution < 1.29 is 36.4 Å². The van der Waals surface area contributed by atoms with E-state index in [1.54, 1.807) is 20.8 Å². The molecule has 228 valence electrons. The van der Waals surface area contributed by atoms with E-state index in [1.165, 1.54) is 34.1 Å². The number of nitrogens with zero attached hydrogens (tertiary/aromatic N) is 5. The van der Waals surface area contributed by atoms with Crippen molar-refractivity contribution in [2.75, 3.05) is 19.0 Å². The van der Waals surface area contributed by atoms with Gasteiger partial charge in [0.25, 0.3) is 11.8 Å². The minimum Gasteiger partial charge on any atom is -0.480 e. The number of anilines is 1. The number of methoxy groups -OCH3 is 1. The Hall–Kier alpha value is -3.82. The number of pyridine rings is 1. The number of hydrogen-bond donors (Lipinski definition) is 2. The lowest BCUT2D eigenvalue weighted by Crippen LogP contribution is -2.64. The monoisotopic (exact) mass is 611 g/mol. The number of rotatable bonds is 4. The fraction of sp³-hybridized carbons (Fsp3) is 0.538. The first-order valence-electron chi connectivity index (χ1n) is 12.9. The van der Waals surface area contributed by atoms with Crippen molar-refractivity contribution in [1.82, 2.24) is 20.3 Å². The maximum Gasteiger partial charge on any atom is 0.413 e. The molecule has 12 nitrogen and oxygen atoms in total. The number of halogens is 3. The van der Waals surface area contributed by atoms with E-state index in [1.807, 2.05) is 0 Å². The molecule has 0 aromatic carbocycles. The van der Waals surface area contributed by atoms with Gasteiger partial charge < -0.3 is 14.8 Å². The van der Waals surface area contributed by atoms with Crippen LogP contribution in [0.1, 0.15) is 64.1 Å². The van der Waals surface area contributed by atoms with Gasteiger partial charge in [0.2, 0.25) is 5.88 Å². The van der Waals surface area contributed by atoms with Crippen LogP contribution in [0.4, 0.5) is 23.8 Å². The third kappa shape index (κ3) is 5.76. The molecule has 0 aliphatic carbocycles. The molecule has 4 rings (SSSR count). The van der Waals surface area contributed by atoms with Gasteiger partial charge in [0, 0.05) is 6.42 Å². The van der Waals surface area contributed by atoms with E-state index >= 15 is 4.39 Å². The topological polar surface area (TPSA) is 157 Å². The minimum atomic E-state index is -3.66. The fourth-order valence-corrected chi connectivity index (χ4v) is 7.93. The van der Waals surface area contributed by atoms with Crippen LogP contribution in [0.3, 0.4) is 0 Å². The lowest BCUT2D eigenvalue weighted by atomic mass is 9.88. The average Bonchev–Trinajstić information content (AvgIpc) is 2.89. The van der Waals surface area contributed by atoms with Crippen LogP contribution in [-0.4, -0.2) is 72.2 Å². The first-order chi connectivity index (χ1) is 19.3. The molecular weight excluding hydrogens is 579 g/mol. The van der Waals surface area contributed by atoms with E-state index in [2.05, 4.69) is 34.9 Å². The van der Waals surface area contributed by atoms with Crippen molar-refractivity contribution in [3.63, 3.8) is 0 Å². The molecule has 2 amide bonds. The van der Waals surface area contributed by atoms with Gasteiger partial charge in [0.05, 0.1) is 34.5 Å². The highest BCUT2D eigenvalue weighted by atomic mass is 32.2. The normalized spacial score (nSPS) is 26.1. The number of fused-ring (bicyclic) bond motifs is 1. The van der Waals surface area contributed by atoms with Gasteiger partial charge >= 0.3 is 6.09 Å². The van der Waals surface area contributed by atoms with Gasteiger partial charge in [-0.05, 0) is 53.7 Å². The molecule has 0 spiro atoms. The predicted molar refractivity (Wildman–Crippen MR) is 148 cm³/mol. The predicted octanol–water partition coefficient (Wildman–Crippen LogP) is 4.08. The standard InChI is InChI=1S/C26H32F3N7O5S/c1-23(2,3)41-22(38)35-21-24(4,5)42(39)16(10-26(28,29)13-32-42)25(6,36-21)19-14(27)8-9-17(33-19)34-20(37)15-11-31-18(40-7)12-30-15/h8-9,11-12,16H,10,13H2,1-7H3,(H,33,34,37)(H,35,36,38)/t16-,25+,42?/m1/s1. The Labute approximate surface area is 241 Å². The molecule has 0 saturated carbocycles. The van der Waals surface area contributed by atoms with Crippen LogP contribution < -0.4 is 15.4 Å². The number of amides is 2. The summed E-state index contributed by atoms with van der Waals surface area (Å²) in [7, 11) is -2.28. The maximum absolute atomic E-state index is 15.5.